The molecule has 1 unspecified atom stereocenters. The normalized spacial score (nSPS) is 12.7. The number of fused-ring (bicyclic) bond motifs is 1. The SMILES string of the molecule is CC(Oc1ccc2c(=O)c(-c3ccccc3)c(C(F)(F)F)oc2c1)C(=O)O. The van der Waals surface area contributed by atoms with E-state index in [9.17, 15) is 22.8 Å². The number of alkyl halides is 3. The maximum absolute atomic E-state index is 13.5. The van der Waals surface area contributed by atoms with Crippen molar-refractivity contribution < 1.29 is 32.2 Å². The van der Waals surface area contributed by atoms with Crippen LogP contribution in [-0.2, 0) is 11.0 Å². The first kappa shape index (κ1) is 18.5. The number of halogens is 3. The average Bonchev–Trinajstić information content (AvgIpc) is 2.61. The van der Waals surface area contributed by atoms with Gasteiger partial charge in [0.05, 0.1) is 10.9 Å². The molecule has 1 heterocycles. The highest BCUT2D eigenvalue weighted by atomic mass is 19.4. The molecule has 1 N–H and O–H groups in total. The molecule has 0 fully saturated rings. The average molecular weight is 378 g/mol. The standard InChI is InChI=1S/C19H13F3O5/c1-10(18(24)25)26-12-7-8-13-14(9-12)27-17(19(20,21)22)15(16(13)23)11-5-3-2-4-6-11/h2-10H,1H3,(H,24,25). The summed E-state index contributed by atoms with van der Waals surface area (Å²) in [6.07, 6.45) is -6.12. The molecule has 0 saturated carbocycles. The maximum Gasteiger partial charge on any atom is 0.450 e. The predicted molar refractivity (Wildman–Crippen MR) is 90.6 cm³/mol. The van der Waals surface area contributed by atoms with Gasteiger partial charge in [0.15, 0.2) is 6.10 Å². The lowest BCUT2D eigenvalue weighted by Crippen LogP contribution is -2.23. The van der Waals surface area contributed by atoms with Crippen LogP contribution in [0.1, 0.15) is 12.7 Å². The predicted octanol–water partition coefficient (Wildman–Crippen LogP) is 4.33. The zero-order valence-corrected chi connectivity index (χ0v) is 13.9. The Balaban J connectivity index is 2.24. The minimum absolute atomic E-state index is 0.0267. The van der Waals surface area contributed by atoms with Crippen molar-refractivity contribution in [3.63, 3.8) is 0 Å². The van der Waals surface area contributed by atoms with E-state index < -0.39 is 35.0 Å². The zero-order chi connectivity index (χ0) is 19.8. The number of carbonyl (C=O) groups is 1. The summed E-state index contributed by atoms with van der Waals surface area (Å²) in [7, 11) is 0. The van der Waals surface area contributed by atoms with Gasteiger partial charge in [0.2, 0.25) is 11.2 Å². The quantitative estimate of drug-likeness (QED) is 0.731. The molecule has 27 heavy (non-hydrogen) atoms. The Morgan fingerprint density at radius 1 is 1.15 bits per heavy atom. The van der Waals surface area contributed by atoms with Gasteiger partial charge in [0, 0.05) is 6.07 Å². The number of ether oxygens (including phenoxy) is 1. The van der Waals surface area contributed by atoms with Gasteiger partial charge in [-0.25, -0.2) is 4.79 Å². The Morgan fingerprint density at radius 3 is 2.41 bits per heavy atom. The molecule has 0 radical (unpaired) electrons. The summed E-state index contributed by atoms with van der Waals surface area (Å²) in [5.41, 5.74) is -1.68. The van der Waals surface area contributed by atoms with Crippen LogP contribution in [0, 0.1) is 0 Å². The van der Waals surface area contributed by atoms with Crippen molar-refractivity contribution in [2.45, 2.75) is 19.2 Å². The van der Waals surface area contributed by atoms with Crippen molar-refractivity contribution in [3.8, 4) is 16.9 Å². The van der Waals surface area contributed by atoms with Gasteiger partial charge in [0.25, 0.3) is 0 Å². The Kier molecular flexibility index (Phi) is 4.65. The fourth-order valence-electron chi connectivity index (χ4n) is 2.57. The highest BCUT2D eigenvalue weighted by Crippen LogP contribution is 2.37. The third-order valence-corrected chi connectivity index (χ3v) is 3.84. The summed E-state index contributed by atoms with van der Waals surface area (Å²) in [6, 6.07) is 11.1. The van der Waals surface area contributed by atoms with Crippen LogP contribution < -0.4 is 10.2 Å². The van der Waals surface area contributed by atoms with E-state index in [1.165, 1.54) is 43.3 Å². The van der Waals surface area contributed by atoms with Gasteiger partial charge in [-0.1, -0.05) is 30.3 Å². The molecule has 5 nitrogen and oxygen atoms in total. The Morgan fingerprint density at radius 2 is 1.81 bits per heavy atom. The Labute approximate surface area is 150 Å². The third kappa shape index (κ3) is 3.64. The summed E-state index contributed by atoms with van der Waals surface area (Å²) in [5.74, 6) is -2.69. The molecule has 0 aliphatic carbocycles. The minimum Gasteiger partial charge on any atom is -0.479 e. The summed E-state index contributed by atoms with van der Waals surface area (Å²) in [4.78, 5) is 23.6. The fourth-order valence-corrected chi connectivity index (χ4v) is 2.57. The van der Waals surface area contributed by atoms with E-state index in [2.05, 4.69) is 0 Å². The van der Waals surface area contributed by atoms with E-state index in [0.717, 1.165) is 6.07 Å². The number of hydrogen-bond donors (Lipinski definition) is 1. The minimum atomic E-state index is -4.90. The molecule has 0 aliphatic rings. The van der Waals surface area contributed by atoms with Crippen LogP contribution in [0.15, 0.2) is 57.7 Å². The van der Waals surface area contributed by atoms with E-state index in [1.54, 1.807) is 6.07 Å². The lowest BCUT2D eigenvalue weighted by Gasteiger charge is -2.14. The molecule has 3 aromatic rings. The van der Waals surface area contributed by atoms with Gasteiger partial charge in [-0.15, -0.1) is 0 Å². The summed E-state index contributed by atoms with van der Waals surface area (Å²) >= 11 is 0. The molecular weight excluding hydrogens is 365 g/mol. The maximum atomic E-state index is 13.5. The second-order valence-corrected chi connectivity index (χ2v) is 5.76. The summed E-state index contributed by atoms with van der Waals surface area (Å²) in [6.45, 7) is 1.27. The van der Waals surface area contributed by atoms with E-state index in [1.807, 2.05) is 0 Å². The van der Waals surface area contributed by atoms with Crippen molar-refractivity contribution >= 4 is 16.9 Å². The molecule has 0 spiro atoms. The number of benzene rings is 2. The van der Waals surface area contributed by atoms with Crippen LogP contribution >= 0.6 is 0 Å². The molecule has 1 aromatic heterocycles. The Bertz CT molecular complexity index is 1050. The molecule has 0 aliphatic heterocycles. The molecular formula is C19H13F3O5. The number of carboxylic acid groups (broad SMARTS) is 1. The fraction of sp³-hybridized carbons (Fsp3) is 0.158. The number of hydrogen-bond acceptors (Lipinski definition) is 4. The zero-order valence-electron chi connectivity index (χ0n) is 13.9. The molecule has 1 atom stereocenters. The van der Waals surface area contributed by atoms with Gasteiger partial charge >= 0.3 is 12.1 Å². The molecule has 3 rings (SSSR count). The summed E-state index contributed by atoms with van der Waals surface area (Å²) in [5, 5.41) is 8.79. The first-order valence-electron chi connectivity index (χ1n) is 7.81. The van der Waals surface area contributed by atoms with E-state index >= 15 is 0 Å². The first-order valence-corrected chi connectivity index (χ1v) is 7.81. The van der Waals surface area contributed by atoms with Crippen LogP contribution in [0.4, 0.5) is 13.2 Å². The first-order chi connectivity index (χ1) is 12.7. The topological polar surface area (TPSA) is 76.7 Å². The molecule has 0 amide bonds. The molecule has 0 saturated heterocycles. The third-order valence-electron chi connectivity index (χ3n) is 3.84. The van der Waals surface area contributed by atoms with Crippen molar-refractivity contribution in [3.05, 3.63) is 64.5 Å². The highest BCUT2D eigenvalue weighted by molar-refractivity contribution is 5.84. The van der Waals surface area contributed by atoms with Gasteiger partial charge in [-0.2, -0.15) is 13.2 Å². The molecule has 0 bridgehead atoms. The highest BCUT2D eigenvalue weighted by Gasteiger charge is 2.39. The Hall–Kier alpha value is -3.29. The largest absolute Gasteiger partial charge is 0.479 e. The van der Waals surface area contributed by atoms with Crippen LogP contribution in [0.5, 0.6) is 5.75 Å². The van der Waals surface area contributed by atoms with Crippen LogP contribution in [0.3, 0.4) is 0 Å². The lowest BCUT2D eigenvalue weighted by atomic mass is 10.0. The monoisotopic (exact) mass is 378 g/mol. The summed E-state index contributed by atoms with van der Waals surface area (Å²) < 4.78 is 50.7. The number of carboxylic acids is 1. The molecule has 140 valence electrons. The number of aliphatic carboxylic acids is 1. The van der Waals surface area contributed by atoms with Crippen molar-refractivity contribution in [1.29, 1.82) is 0 Å². The van der Waals surface area contributed by atoms with Gasteiger partial charge in [0.1, 0.15) is 11.3 Å². The van der Waals surface area contributed by atoms with Crippen LogP contribution in [-0.4, -0.2) is 17.2 Å². The molecule has 2 aromatic carbocycles. The smallest absolute Gasteiger partial charge is 0.450 e. The number of rotatable bonds is 4. The molecule has 8 heteroatoms. The van der Waals surface area contributed by atoms with E-state index in [0.29, 0.717) is 0 Å². The van der Waals surface area contributed by atoms with E-state index in [4.69, 9.17) is 14.3 Å². The van der Waals surface area contributed by atoms with Crippen molar-refractivity contribution in [1.82, 2.24) is 0 Å². The van der Waals surface area contributed by atoms with Gasteiger partial charge in [-0.05, 0) is 24.6 Å². The van der Waals surface area contributed by atoms with E-state index in [-0.39, 0.29) is 22.3 Å². The van der Waals surface area contributed by atoms with Crippen LogP contribution in [0.25, 0.3) is 22.1 Å². The van der Waals surface area contributed by atoms with Crippen molar-refractivity contribution in [2.24, 2.45) is 0 Å². The second kappa shape index (κ2) is 6.79. The second-order valence-electron chi connectivity index (χ2n) is 5.76. The van der Waals surface area contributed by atoms with Crippen LogP contribution in [0.2, 0.25) is 0 Å². The van der Waals surface area contributed by atoms with Crippen molar-refractivity contribution in [2.75, 3.05) is 0 Å². The van der Waals surface area contributed by atoms with Gasteiger partial charge < -0.3 is 14.3 Å². The van der Waals surface area contributed by atoms with Gasteiger partial charge in [-0.3, -0.25) is 4.79 Å². The lowest BCUT2D eigenvalue weighted by molar-refractivity contribution is -0.152.